The van der Waals surface area contributed by atoms with Gasteiger partial charge in [-0.3, -0.25) is 4.79 Å². The molecule has 1 rings (SSSR count). The van der Waals surface area contributed by atoms with Gasteiger partial charge in [0.1, 0.15) is 5.82 Å². The van der Waals surface area contributed by atoms with Crippen molar-refractivity contribution in [3.8, 4) is 5.75 Å². The highest BCUT2D eigenvalue weighted by Crippen LogP contribution is 2.29. The van der Waals surface area contributed by atoms with Crippen LogP contribution in [0.2, 0.25) is 0 Å². The van der Waals surface area contributed by atoms with Crippen molar-refractivity contribution < 1.29 is 25.7 Å². The van der Waals surface area contributed by atoms with Gasteiger partial charge in [-0.2, -0.15) is 8.42 Å². The molecular weight excluding hydrogens is 334 g/mol. The Morgan fingerprint density at radius 1 is 1.33 bits per heavy atom. The Bertz CT molecular complexity index is 543. The van der Waals surface area contributed by atoms with Crippen molar-refractivity contribution in [3.63, 3.8) is 0 Å². The molecular formula is C10H11BrF2O4S. The molecule has 0 unspecified atom stereocenters. The third-order valence-electron chi connectivity index (χ3n) is 1.59. The summed E-state index contributed by atoms with van der Waals surface area (Å²) in [6, 6.07) is 1.62. The lowest BCUT2D eigenvalue weighted by Crippen LogP contribution is -2.04. The van der Waals surface area contributed by atoms with Gasteiger partial charge in [-0.15, -0.1) is 0 Å². The van der Waals surface area contributed by atoms with Gasteiger partial charge in [0.2, 0.25) is 0 Å². The normalized spacial score (nSPS) is 10.3. The van der Waals surface area contributed by atoms with E-state index in [4.69, 9.17) is 0 Å². The standard InChI is InChI=1S/C8H5BrF2O4S.C2H6/c1-4(12)5-2-6(9)8(3-7(5)10)15-16(11,13)14;1-2/h2-3H,1H3;1-2H3. The summed E-state index contributed by atoms with van der Waals surface area (Å²) in [5.41, 5.74) is -0.254. The fraction of sp³-hybridized carbons (Fsp3) is 0.300. The Kier molecular flexibility index (Phi) is 6.41. The largest absolute Gasteiger partial charge is 0.488 e. The molecule has 0 aromatic heterocycles. The van der Waals surface area contributed by atoms with Gasteiger partial charge >= 0.3 is 10.5 Å². The summed E-state index contributed by atoms with van der Waals surface area (Å²) in [4.78, 5) is 10.9. The SMILES string of the molecule is CC.CC(=O)c1cc(Br)c(OS(=O)(=O)F)cc1F. The van der Waals surface area contributed by atoms with E-state index in [-0.39, 0.29) is 10.0 Å². The first-order valence-electron chi connectivity index (χ1n) is 4.85. The van der Waals surface area contributed by atoms with E-state index >= 15 is 0 Å². The molecule has 0 aliphatic heterocycles. The van der Waals surface area contributed by atoms with Crippen LogP contribution in [0.3, 0.4) is 0 Å². The number of ketones is 1. The summed E-state index contributed by atoms with van der Waals surface area (Å²) in [6.07, 6.45) is 0. The second-order valence-electron chi connectivity index (χ2n) is 2.80. The number of carbonyl (C=O) groups excluding carboxylic acids is 1. The zero-order valence-corrected chi connectivity index (χ0v) is 12.2. The van der Waals surface area contributed by atoms with Crippen LogP contribution in [-0.4, -0.2) is 14.2 Å². The smallest absolute Gasteiger partial charge is 0.357 e. The van der Waals surface area contributed by atoms with E-state index in [1.165, 1.54) is 0 Å². The Morgan fingerprint density at radius 2 is 1.83 bits per heavy atom. The number of hydrogen-bond donors (Lipinski definition) is 0. The van der Waals surface area contributed by atoms with Gasteiger partial charge in [-0.05, 0) is 28.9 Å². The van der Waals surface area contributed by atoms with Crippen molar-refractivity contribution in [2.24, 2.45) is 0 Å². The molecule has 18 heavy (non-hydrogen) atoms. The highest BCUT2D eigenvalue weighted by Gasteiger charge is 2.17. The lowest BCUT2D eigenvalue weighted by atomic mass is 10.1. The number of hydrogen-bond acceptors (Lipinski definition) is 4. The maximum atomic E-state index is 13.2. The van der Waals surface area contributed by atoms with Gasteiger partial charge in [0.25, 0.3) is 0 Å². The fourth-order valence-corrected chi connectivity index (χ4v) is 1.85. The molecule has 8 heteroatoms. The van der Waals surface area contributed by atoms with Crippen LogP contribution in [-0.2, 0) is 10.5 Å². The molecule has 0 heterocycles. The molecule has 0 spiro atoms. The number of Topliss-reactive ketones (excluding diaryl/α,β-unsaturated/α-hetero) is 1. The van der Waals surface area contributed by atoms with Crippen molar-refractivity contribution in [2.75, 3.05) is 0 Å². The molecule has 0 saturated carbocycles. The summed E-state index contributed by atoms with van der Waals surface area (Å²) in [5, 5.41) is 0. The topological polar surface area (TPSA) is 60.4 Å². The molecule has 0 bridgehead atoms. The number of carbonyl (C=O) groups is 1. The van der Waals surface area contributed by atoms with Crippen molar-refractivity contribution in [1.82, 2.24) is 0 Å². The third-order valence-corrected chi connectivity index (χ3v) is 2.59. The van der Waals surface area contributed by atoms with Crippen LogP contribution in [0.1, 0.15) is 31.1 Å². The Labute approximate surface area is 113 Å². The summed E-state index contributed by atoms with van der Waals surface area (Å²) in [7, 11) is -5.23. The van der Waals surface area contributed by atoms with Gasteiger partial charge < -0.3 is 4.18 Å². The summed E-state index contributed by atoms with van der Waals surface area (Å²) >= 11 is 2.83. The maximum Gasteiger partial charge on any atom is 0.488 e. The highest BCUT2D eigenvalue weighted by atomic mass is 79.9. The van der Waals surface area contributed by atoms with E-state index in [0.29, 0.717) is 6.07 Å². The molecule has 0 aliphatic carbocycles. The molecule has 0 N–H and O–H groups in total. The van der Waals surface area contributed by atoms with Crippen LogP contribution >= 0.6 is 15.9 Å². The van der Waals surface area contributed by atoms with Gasteiger partial charge in [-0.1, -0.05) is 17.7 Å². The summed E-state index contributed by atoms with van der Waals surface area (Å²) in [6.45, 7) is 5.14. The Hall–Kier alpha value is -1.02. The minimum atomic E-state index is -5.23. The molecule has 0 fully saturated rings. The Balaban J connectivity index is 0.00000137. The van der Waals surface area contributed by atoms with Gasteiger partial charge in [0.05, 0.1) is 10.0 Å². The van der Waals surface area contributed by atoms with Crippen molar-refractivity contribution in [2.45, 2.75) is 20.8 Å². The first kappa shape index (κ1) is 17.0. The number of benzene rings is 1. The van der Waals surface area contributed by atoms with E-state index in [1.807, 2.05) is 13.8 Å². The zero-order chi connectivity index (χ0) is 14.5. The molecule has 0 atom stereocenters. The van der Waals surface area contributed by atoms with Crippen molar-refractivity contribution >= 4 is 32.2 Å². The molecule has 102 valence electrons. The lowest BCUT2D eigenvalue weighted by Gasteiger charge is -2.05. The lowest BCUT2D eigenvalue weighted by molar-refractivity contribution is 0.101. The summed E-state index contributed by atoms with van der Waals surface area (Å²) in [5.74, 6) is -2.10. The van der Waals surface area contributed by atoms with E-state index in [0.717, 1.165) is 13.0 Å². The van der Waals surface area contributed by atoms with E-state index in [1.54, 1.807) is 0 Å². The van der Waals surface area contributed by atoms with Crippen molar-refractivity contribution in [1.29, 1.82) is 0 Å². The monoisotopic (exact) mass is 344 g/mol. The van der Waals surface area contributed by atoms with Gasteiger partial charge in [0, 0.05) is 6.07 Å². The Morgan fingerprint density at radius 3 is 2.22 bits per heavy atom. The van der Waals surface area contributed by atoms with Gasteiger partial charge in [0.15, 0.2) is 11.5 Å². The molecule has 0 saturated heterocycles. The maximum absolute atomic E-state index is 13.2. The quantitative estimate of drug-likeness (QED) is 0.622. The average Bonchev–Trinajstić information content (AvgIpc) is 2.23. The van der Waals surface area contributed by atoms with E-state index in [2.05, 4.69) is 20.1 Å². The minimum absolute atomic E-state index is 0.0414. The molecule has 0 aliphatic rings. The first-order valence-corrected chi connectivity index (χ1v) is 6.95. The van der Waals surface area contributed by atoms with Crippen LogP contribution in [0.4, 0.5) is 8.28 Å². The molecule has 1 aromatic rings. The molecule has 0 amide bonds. The second-order valence-corrected chi connectivity index (χ2v) is 4.60. The predicted molar refractivity (Wildman–Crippen MR) is 66.1 cm³/mol. The minimum Gasteiger partial charge on any atom is -0.357 e. The highest BCUT2D eigenvalue weighted by molar-refractivity contribution is 9.10. The molecule has 0 radical (unpaired) electrons. The van der Waals surface area contributed by atoms with Crippen LogP contribution in [0.25, 0.3) is 0 Å². The van der Waals surface area contributed by atoms with E-state index in [9.17, 15) is 21.5 Å². The number of halogens is 3. The van der Waals surface area contributed by atoms with Gasteiger partial charge in [-0.25, -0.2) is 4.39 Å². The van der Waals surface area contributed by atoms with Crippen LogP contribution in [0.15, 0.2) is 16.6 Å². The zero-order valence-electron chi connectivity index (χ0n) is 9.83. The number of rotatable bonds is 3. The molecule has 4 nitrogen and oxygen atoms in total. The summed E-state index contributed by atoms with van der Waals surface area (Å²) < 4.78 is 49.6. The fourth-order valence-electron chi connectivity index (χ4n) is 0.969. The van der Waals surface area contributed by atoms with Crippen LogP contribution in [0.5, 0.6) is 5.75 Å². The average molecular weight is 345 g/mol. The molecule has 1 aromatic carbocycles. The third kappa shape index (κ3) is 5.09. The van der Waals surface area contributed by atoms with E-state index < -0.39 is 27.9 Å². The van der Waals surface area contributed by atoms with Crippen LogP contribution in [0, 0.1) is 5.82 Å². The second kappa shape index (κ2) is 6.79. The first-order chi connectivity index (χ1) is 8.20. The van der Waals surface area contributed by atoms with Crippen LogP contribution < -0.4 is 4.18 Å². The van der Waals surface area contributed by atoms with Crippen molar-refractivity contribution in [3.05, 3.63) is 28.0 Å². The predicted octanol–water partition coefficient (Wildman–Crippen LogP) is 3.41.